The first kappa shape index (κ1) is 28.5. The maximum Gasteiger partial charge on any atom is 0.411 e. The smallest absolute Gasteiger partial charge is 0.411 e. The molecule has 0 spiro atoms. The van der Waals surface area contributed by atoms with Gasteiger partial charge in [0.2, 0.25) is 15.9 Å². The Bertz CT molecular complexity index is 1790. The van der Waals surface area contributed by atoms with Gasteiger partial charge in [0.15, 0.2) is 0 Å². The molecule has 0 radical (unpaired) electrons. The maximum atomic E-state index is 13.0. The van der Waals surface area contributed by atoms with Crippen LogP contribution in [0.15, 0.2) is 67.2 Å². The number of hydrogen-bond acceptors (Lipinski definition) is 9. The molecule has 3 heterocycles. The van der Waals surface area contributed by atoms with Gasteiger partial charge in [-0.2, -0.15) is 4.68 Å². The van der Waals surface area contributed by atoms with Crippen LogP contribution in [-0.2, 0) is 19.6 Å². The summed E-state index contributed by atoms with van der Waals surface area (Å²) in [5.74, 6) is -0.274. The van der Waals surface area contributed by atoms with Crippen LogP contribution in [0.5, 0.6) is 0 Å². The van der Waals surface area contributed by atoms with Gasteiger partial charge >= 0.3 is 6.09 Å². The molecule has 42 heavy (non-hydrogen) atoms. The van der Waals surface area contributed by atoms with Crippen LogP contribution in [0.25, 0.3) is 23.0 Å². The Morgan fingerprint density at radius 3 is 2.83 bits per heavy atom. The van der Waals surface area contributed by atoms with Crippen LogP contribution in [0.2, 0.25) is 5.02 Å². The second-order valence-electron chi connectivity index (χ2n) is 9.00. The van der Waals surface area contributed by atoms with Gasteiger partial charge in [0.05, 0.1) is 42.2 Å². The van der Waals surface area contributed by atoms with Crippen molar-refractivity contribution < 1.29 is 22.7 Å². The summed E-state index contributed by atoms with van der Waals surface area (Å²) in [6.45, 7) is 0. The molecule has 16 heteroatoms. The van der Waals surface area contributed by atoms with Gasteiger partial charge < -0.3 is 15.0 Å². The van der Waals surface area contributed by atoms with E-state index < -0.39 is 28.1 Å². The lowest BCUT2D eigenvalue weighted by Gasteiger charge is -2.16. The summed E-state index contributed by atoms with van der Waals surface area (Å²) in [5.41, 5.74) is 2.76. The number of tetrazole rings is 1. The van der Waals surface area contributed by atoms with Crippen LogP contribution in [0, 0.1) is 0 Å². The van der Waals surface area contributed by atoms with Crippen molar-refractivity contribution in [2.24, 2.45) is 0 Å². The molecule has 4 N–H and O–H groups in total. The molecule has 0 unspecified atom stereocenters. The normalized spacial score (nSPS) is 16.0. The first-order valence-corrected chi connectivity index (χ1v) is 14.4. The zero-order valence-corrected chi connectivity index (χ0v) is 23.6. The van der Waals surface area contributed by atoms with E-state index in [2.05, 4.69) is 45.6 Å². The second-order valence-corrected chi connectivity index (χ2v) is 11.2. The molecule has 2 amide bonds. The van der Waals surface area contributed by atoms with E-state index in [1.165, 1.54) is 42.5 Å². The summed E-state index contributed by atoms with van der Waals surface area (Å²) in [6.07, 6.45) is 8.61. The number of nitrogens with zero attached hydrogens (tertiary/aromatic N) is 5. The molecule has 1 aliphatic heterocycles. The van der Waals surface area contributed by atoms with Crippen LogP contribution in [0.4, 0.5) is 16.2 Å². The fraction of sp³-hybridized carbons (Fsp3) is 0.154. The summed E-state index contributed by atoms with van der Waals surface area (Å²) in [7, 11) is -2.57. The molecule has 14 nitrogen and oxygen atoms in total. The molecule has 0 saturated carbocycles. The van der Waals surface area contributed by atoms with Crippen LogP contribution < -0.4 is 15.4 Å². The van der Waals surface area contributed by atoms with Crippen molar-refractivity contribution in [3.05, 3.63) is 83.6 Å². The number of imidazole rings is 1. The Hall–Kier alpha value is -5.02. The van der Waals surface area contributed by atoms with Gasteiger partial charge in [0.1, 0.15) is 12.2 Å². The van der Waals surface area contributed by atoms with E-state index in [-0.39, 0.29) is 17.9 Å². The number of rotatable bonds is 5. The number of ether oxygens (including phenoxy) is 1. The highest BCUT2D eigenvalue weighted by molar-refractivity contribution is 7.92. The number of hydrogen-bond donors (Lipinski definition) is 4. The number of halogens is 1. The van der Waals surface area contributed by atoms with Gasteiger partial charge in [0, 0.05) is 27.9 Å². The SMILES string of the molecule is COC(=O)Nc1ccc2c(c1)NS(=O)(=O)CC=CC[C@H](NC(=O)C=Cc1cc(Cl)ccc1-n1cnnn1)c1ncc-2[nH]1. The minimum atomic E-state index is -3.80. The number of aromatic nitrogens is 6. The highest BCUT2D eigenvalue weighted by atomic mass is 35.5. The third-order valence-electron chi connectivity index (χ3n) is 6.10. The Kier molecular flexibility index (Phi) is 8.31. The van der Waals surface area contributed by atoms with E-state index in [4.69, 9.17) is 11.6 Å². The summed E-state index contributed by atoms with van der Waals surface area (Å²) >= 11 is 6.17. The predicted molar refractivity (Wildman–Crippen MR) is 155 cm³/mol. The van der Waals surface area contributed by atoms with Crippen molar-refractivity contribution in [3.63, 3.8) is 0 Å². The van der Waals surface area contributed by atoms with E-state index in [1.807, 2.05) is 0 Å². The minimum Gasteiger partial charge on any atom is -0.453 e. The van der Waals surface area contributed by atoms with Crippen molar-refractivity contribution in [2.75, 3.05) is 22.9 Å². The molecule has 0 fully saturated rings. The van der Waals surface area contributed by atoms with Crippen LogP contribution in [0.1, 0.15) is 23.9 Å². The lowest BCUT2D eigenvalue weighted by atomic mass is 10.1. The van der Waals surface area contributed by atoms with Crippen molar-refractivity contribution in [1.29, 1.82) is 0 Å². The molecule has 2 aromatic heterocycles. The number of H-pyrrole nitrogens is 1. The van der Waals surface area contributed by atoms with E-state index >= 15 is 0 Å². The van der Waals surface area contributed by atoms with E-state index in [9.17, 15) is 18.0 Å². The Morgan fingerprint density at radius 1 is 1.19 bits per heavy atom. The number of nitrogens with one attached hydrogen (secondary N) is 4. The lowest BCUT2D eigenvalue weighted by molar-refractivity contribution is -0.117. The highest BCUT2D eigenvalue weighted by Gasteiger charge is 2.21. The number of fused-ring (bicyclic) bond motifs is 4. The average molecular weight is 610 g/mol. The standard InChI is InChI=1S/C26H24ClN9O5S/c1-41-26(38)30-18-7-8-19-21(13-18)33-42(39,40)11-3-2-4-20(25-28-14-22(19)32-25)31-24(37)10-5-16-12-17(27)6-9-23(16)36-15-29-34-35-36/h2-3,5-10,12-15,20,33H,4,11H2,1H3,(H,28,32)(H,30,38)(H,31,37)/t20-/m0/s1. The van der Waals surface area contributed by atoms with Gasteiger partial charge in [0.25, 0.3) is 0 Å². The molecule has 4 aromatic rings. The minimum absolute atomic E-state index is 0.219. The topological polar surface area (TPSA) is 186 Å². The zero-order valence-electron chi connectivity index (χ0n) is 22.0. The van der Waals surface area contributed by atoms with Crippen LogP contribution in [-0.4, -0.2) is 63.5 Å². The molecule has 216 valence electrons. The van der Waals surface area contributed by atoms with Gasteiger partial charge in [-0.25, -0.2) is 18.2 Å². The Morgan fingerprint density at radius 2 is 2.05 bits per heavy atom. The molecular weight excluding hydrogens is 586 g/mol. The summed E-state index contributed by atoms with van der Waals surface area (Å²) < 4.78 is 34.3. The first-order valence-electron chi connectivity index (χ1n) is 12.4. The quantitative estimate of drug-likeness (QED) is 0.194. The van der Waals surface area contributed by atoms with Crippen LogP contribution in [0.3, 0.4) is 0 Å². The molecular formula is C26H24ClN9O5S. The molecule has 2 bridgehead atoms. The number of amides is 2. The molecule has 1 aliphatic rings. The molecule has 1 atom stereocenters. The van der Waals surface area contributed by atoms with Crippen LogP contribution >= 0.6 is 11.6 Å². The van der Waals surface area contributed by atoms with Gasteiger partial charge in [-0.3, -0.25) is 14.8 Å². The number of sulfonamides is 1. The van der Waals surface area contributed by atoms with E-state index in [1.54, 1.807) is 42.5 Å². The van der Waals surface area contributed by atoms with Crippen molar-refractivity contribution in [3.8, 4) is 16.9 Å². The fourth-order valence-corrected chi connectivity index (χ4v) is 5.32. The summed E-state index contributed by atoms with van der Waals surface area (Å²) in [6, 6.07) is 9.19. The number of anilines is 2. The number of methoxy groups -OCH3 is 1. The number of carbonyl (C=O) groups excluding carboxylic acids is 2. The van der Waals surface area contributed by atoms with Crippen molar-refractivity contribution in [2.45, 2.75) is 12.5 Å². The number of aromatic amines is 1. The molecule has 5 rings (SSSR count). The van der Waals surface area contributed by atoms with E-state index in [0.717, 1.165) is 0 Å². The molecule has 0 saturated heterocycles. The number of carbonyl (C=O) groups is 2. The third kappa shape index (κ3) is 6.82. The monoisotopic (exact) mass is 609 g/mol. The molecule has 2 aromatic carbocycles. The Labute approximate surface area is 244 Å². The van der Waals surface area contributed by atoms with Crippen molar-refractivity contribution in [1.82, 2.24) is 35.5 Å². The highest BCUT2D eigenvalue weighted by Crippen LogP contribution is 2.32. The number of benzene rings is 2. The second kappa shape index (κ2) is 12.2. The summed E-state index contributed by atoms with van der Waals surface area (Å²) in [4.78, 5) is 32.3. The fourth-order valence-electron chi connectivity index (χ4n) is 4.16. The molecule has 0 aliphatic carbocycles. The third-order valence-corrected chi connectivity index (χ3v) is 7.50. The maximum absolute atomic E-state index is 13.0. The Balaban J connectivity index is 1.42. The lowest BCUT2D eigenvalue weighted by Crippen LogP contribution is -2.27. The van der Waals surface area contributed by atoms with Gasteiger partial charge in [-0.1, -0.05) is 23.8 Å². The predicted octanol–water partition coefficient (Wildman–Crippen LogP) is 3.46. The zero-order chi connectivity index (χ0) is 29.7. The van der Waals surface area contributed by atoms with Gasteiger partial charge in [-0.15, -0.1) is 5.10 Å². The first-order chi connectivity index (χ1) is 20.2. The van der Waals surface area contributed by atoms with Crippen molar-refractivity contribution >= 4 is 51.1 Å². The largest absolute Gasteiger partial charge is 0.453 e. The van der Waals surface area contributed by atoms with E-state index in [0.29, 0.717) is 39.0 Å². The van der Waals surface area contributed by atoms with Gasteiger partial charge in [-0.05, 0) is 59.3 Å². The average Bonchev–Trinajstić information content (AvgIpc) is 3.66. The summed E-state index contributed by atoms with van der Waals surface area (Å²) in [5, 5.41) is 17.1.